The van der Waals surface area contributed by atoms with Crippen LogP contribution in [0, 0.1) is 0 Å². The number of halogens is 1. The number of aromatic nitrogens is 1. The summed E-state index contributed by atoms with van der Waals surface area (Å²) in [6.07, 6.45) is 0. The largest absolute Gasteiger partial charge is 0.497 e. The average Bonchev–Trinajstić information content (AvgIpc) is 3.19. The second-order valence-corrected chi connectivity index (χ2v) is 6.87. The lowest BCUT2D eigenvalue weighted by atomic mass is 10.1. The molecule has 0 aliphatic rings. The summed E-state index contributed by atoms with van der Waals surface area (Å²) in [5.74, 6) is 1.43. The molecule has 1 heterocycles. The van der Waals surface area contributed by atoms with Gasteiger partial charge in [0.25, 0.3) is 5.91 Å². The van der Waals surface area contributed by atoms with E-state index < -0.39 is 0 Å². The lowest BCUT2D eigenvalue weighted by Crippen LogP contribution is -2.12. The Morgan fingerprint density at radius 2 is 2.00 bits per heavy atom. The van der Waals surface area contributed by atoms with E-state index in [4.69, 9.17) is 25.5 Å². The van der Waals surface area contributed by atoms with E-state index in [1.807, 2.05) is 37.3 Å². The highest BCUT2D eigenvalue weighted by atomic mass is 35.5. The van der Waals surface area contributed by atoms with Gasteiger partial charge in [0.05, 0.1) is 18.7 Å². The van der Waals surface area contributed by atoms with Crippen LogP contribution in [0.2, 0.25) is 5.02 Å². The number of oxazole rings is 1. The predicted octanol–water partition coefficient (Wildman–Crippen LogP) is 5.81. The summed E-state index contributed by atoms with van der Waals surface area (Å²) < 4.78 is 16.5. The highest BCUT2D eigenvalue weighted by Gasteiger charge is 2.13. The number of anilines is 1. The second kappa shape index (κ2) is 8.47. The number of methoxy groups -OCH3 is 1. The first-order valence-electron chi connectivity index (χ1n) is 9.36. The highest BCUT2D eigenvalue weighted by Crippen LogP contribution is 2.29. The lowest BCUT2D eigenvalue weighted by Gasteiger charge is -2.09. The number of rotatable bonds is 6. The van der Waals surface area contributed by atoms with Gasteiger partial charge in [0.1, 0.15) is 17.0 Å². The number of ether oxygens (including phenoxy) is 2. The number of hydrogen-bond acceptors (Lipinski definition) is 5. The first-order chi connectivity index (χ1) is 14.6. The van der Waals surface area contributed by atoms with Crippen LogP contribution in [0.5, 0.6) is 11.5 Å². The predicted molar refractivity (Wildman–Crippen MR) is 117 cm³/mol. The SMILES string of the molecule is CCOc1ccc(C(=O)Nc2cccc(-c3nc4cc(OC)ccc4o3)c2)cc1Cl. The van der Waals surface area contributed by atoms with E-state index in [1.165, 1.54) is 0 Å². The maximum absolute atomic E-state index is 12.6. The van der Waals surface area contributed by atoms with Crippen molar-refractivity contribution in [3.8, 4) is 23.0 Å². The molecule has 3 aromatic carbocycles. The maximum Gasteiger partial charge on any atom is 0.255 e. The molecule has 0 saturated carbocycles. The minimum absolute atomic E-state index is 0.278. The molecule has 0 spiro atoms. The second-order valence-electron chi connectivity index (χ2n) is 6.47. The topological polar surface area (TPSA) is 73.6 Å². The number of fused-ring (bicyclic) bond motifs is 1. The third kappa shape index (κ3) is 4.09. The van der Waals surface area contributed by atoms with Gasteiger partial charge in [-0.2, -0.15) is 0 Å². The minimum Gasteiger partial charge on any atom is -0.497 e. The van der Waals surface area contributed by atoms with Gasteiger partial charge in [0, 0.05) is 22.9 Å². The summed E-state index contributed by atoms with van der Waals surface area (Å²) in [7, 11) is 1.60. The van der Waals surface area contributed by atoms with E-state index >= 15 is 0 Å². The van der Waals surface area contributed by atoms with E-state index in [1.54, 1.807) is 37.4 Å². The molecule has 1 amide bonds. The Kier molecular flexibility index (Phi) is 5.59. The monoisotopic (exact) mass is 422 g/mol. The highest BCUT2D eigenvalue weighted by molar-refractivity contribution is 6.32. The van der Waals surface area contributed by atoms with E-state index in [0.717, 1.165) is 5.56 Å². The van der Waals surface area contributed by atoms with Crippen molar-refractivity contribution in [2.24, 2.45) is 0 Å². The van der Waals surface area contributed by atoms with Crippen LogP contribution in [-0.4, -0.2) is 24.6 Å². The van der Waals surface area contributed by atoms with Gasteiger partial charge in [0.2, 0.25) is 5.89 Å². The van der Waals surface area contributed by atoms with Gasteiger partial charge in [0.15, 0.2) is 5.58 Å². The van der Waals surface area contributed by atoms with Gasteiger partial charge in [-0.15, -0.1) is 0 Å². The van der Waals surface area contributed by atoms with Gasteiger partial charge < -0.3 is 19.2 Å². The van der Waals surface area contributed by atoms with Crippen LogP contribution in [0.3, 0.4) is 0 Å². The molecule has 0 unspecified atom stereocenters. The first-order valence-corrected chi connectivity index (χ1v) is 9.74. The number of amides is 1. The van der Waals surface area contributed by atoms with Crippen LogP contribution >= 0.6 is 11.6 Å². The number of hydrogen-bond donors (Lipinski definition) is 1. The minimum atomic E-state index is -0.278. The molecule has 7 heteroatoms. The molecular weight excluding hydrogens is 404 g/mol. The third-order valence-electron chi connectivity index (χ3n) is 4.46. The number of nitrogens with one attached hydrogen (secondary N) is 1. The van der Waals surface area contributed by atoms with Crippen LogP contribution in [0.4, 0.5) is 5.69 Å². The number of carbonyl (C=O) groups excluding carboxylic acids is 1. The summed E-state index contributed by atoms with van der Waals surface area (Å²) in [5, 5.41) is 3.26. The molecule has 0 aliphatic heterocycles. The molecule has 1 N–H and O–H groups in total. The Morgan fingerprint density at radius 1 is 1.13 bits per heavy atom. The van der Waals surface area contributed by atoms with E-state index in [-0.39, 0.29) is 5.91 Å². The van der Waals surface area contributed by atoms with Gasteiger partial charge >= 0.3 is 0 Å². The van der Waals surface area contributed by atoms with Crippen LogP contribution in [0.15, 0.2) is 65.1 Å². The molecule has 30 heavy (non-hydrogen) atoms. The van der Waals surface area contributed by atoms with E-state index in [2.05, 4.69) is 10.3 Å². The molecule has 0 fully saturated rings. The molecule has 6 nitrogen and oxygen atoms in total. The zero-order valence-corrected chi connectivity index (χ0v) is 17.2. The molecular formula is C23H19ClN2O4. The zero-order valence-electron chi connectivity index (χ0n) is 16.4. The van der Waals surface area contributed by atoms with Gasteiger partial charge in [-0.3, -0.25) is 4.79 Å². The molecule has 4 aromatic rings. The van der Waals surface area contributed by atoms with Crippen molar-refractivity contribution >= 4 is 34.3 Å². The molecule has 152 valence electrons. The van der Waals surface area contributed by atoms with Crippen molar-refractivity contribution in [2.75, 3.05) is 19.0 Å². The van der Waals surface area contributed by atoms with Crippen molar-refractivity contribution in [1.82, 2.24) is 4.98 Å². The normalized spacial score (nSPS) is 10.8. The van der Waals surface area contributed by atoms with Crippen molar-refractivity contribution in [3.63, 3.8) is 0 Å². The Labute approximate surface area is 178 Å². The van der Waals surface area contributed by atoms with Crippen molar-refractivity contribution < 1.29 is 18.7 Å². The van der Waals surface area contributed by atoms with Gasteiger partial charge in [-0.05, 0) is 55.5 Å². The summed E-state index contributed by atoms with van der Waals surface area (Å²) >= 11 is 6.19. The van der Waals surface area contributed by atoms with Crippen LogP contribution in [-0.2, 0) is 0 Å². The van der Waals surface area contributed by atoms with Crippen LogP contribution in [0.1, 0.15) is 17.3 Å². The summed E-state index contributed by atoms with van der Waals surface area (Å²) in [4.78, 5) is 17.1. The van der Waals surface area contributed by atoms with Gasteiger partial charge in [-0.25, -0.2) is 4.98 Å². The van der Waals surface area contributed by atoms with Crippen molar-refractivity contribution in [1.29, 1.82) is 0 Å². The molecule has 0 saturated heterocycles. The maximum atomic E-state index is 12.6. The first kappa shape index (κ1) is 19.8. The lowest BCUT2D eigenvalue weighted by molar-refractivity contribution is 0.102. The Balaban J connectivity index is 1.56. The Bertz CT molecular complexity index is 1220. The number of benzene rings is 3. The average molecular weight is 423 g/mol. The number of carbonyl (C=O) groups is 1. The molecule has 0 atom stereocenters. The fourth-order valence-electron chi connectivity index (χ4n) is 3.01. The Morgan fingerprint density at radius 3 is 2.77 bits per heavy atom. The molecule has 4 rings (SSSR count). The van der Waals surface area contributed by atoms with Crippen molar-refractivity contribution in [3.05, 3.63) is 71.2 Å². The van der Waals surface area contributed by atoms with E-state index in [9.17, 15) is 4.79 Å². The van der Waals surface area contributed by atoms with Crippen LogP contribution in [0.25, 0.3) is 22.6 Å². The fourth-order valence-corrected chi connectivity index (χ4v) is 3.24. The fraction of sp³-hybridized carbons (Fsp3) is 0.130. The summed E-state index contributed by atoms with van der Waals surface area (Å²) in [5.41, 5.74) is 3.14. The van der Waals surface area contributed by atoms with Crippen molar-refractivity contribution in [2.45, 2.75) is 6.92 Å². The zero-order chi connectivity index (χ0) is 21.1. The third-order valence-corrected chi connectivity index (χ3v) is 4.75. The molecule has 1 aromatic heterocycles. The van der Waals surface area contributed by atoms with E-state index in [0.29, 0.717) is 51.4 Å². The number of nitrogens with zero attached hydrogens (tertiary/aromatic N) is 1. The Hall–Kier alpha value is -3.51. The standard InChI is InChI=1S/C23H19ClN2O4/c1-3-29-20-9-7-14(12-18(20)24)22(27)25-16-6-4-5-15(11-16)23-26-19-13-17(28-2)8-10-21(19)30-23/h4-13H,3H2,1-2H3,(H,25,27). The molecule has 0 radical (unpaired) electrons. The molecule has 0 bridgehead atoms. The van der Waals surface area contributed by atoms with Crippen LogP contribution < -0.4 is 14.8 Å². The summed E-state index contributed by atoms with van der Waals surface area (Å²) in [6.45, 7) is 2.37. The quantitative estimate of drug-likeness (QED) is 0.424. The molecule has 0 aliphatic carbocycles. The summed E-state index contributed by atoms with van der Waals surface area (Å²) in [6, 6.07) is 17.7. The smallest absolute Gasteiger partial charge is 0.255 e. The van der Waals surface area contributed by atoms with Gasteiger partial charge in [-0.1, -0.05) is 17.7 Å².